The van der Waals surface area contributed by atoms with Gasteiger partial charge in [-0.3, -0.25) is 30.6 Å². The van der Waals surface area contributed by atoms with Crippen molar-refractivity contribution in [2.24, 2.45) is 42.9 Å². The molecule has 0 saturated heterocycles. The zero-order valence-electron chi connectivity index (χ0n) is 12.5. The van der Waals surface area contributed by atoms with Gasteiger partial charge in [-0.2, -0.15) is 0 Å². The van der Waals surface area contributed by atoms with Gasteiger partial charge in [-0.15, -0.1) is 0 Å². The molecule has 0 rings (SSSR count). The number of nitrogens with zero attached hydrogens (tertiary/aromatic N) is 4. The number of hydrogen-bond donors (Lipinski definition) is 6. The summed E-state index contributed by atoms with van der Waals surface area (Å²) in [5, 5.41) is 5.17. The van der Waals surface area contributed by atoms with Crippen LogP contribution in [-0.2, 0) is 0 Å². The quantitative estimate of drug-likeness (QED) is 0.246. The Hall–Kier alpha value is -2.52. The molecule has 0 radical (unpaired) electrons. The predicted molar refractivity (Wildman–Crippen MR) is 85.7 cm³/mol. The van der Waals surface area contributed by atoms with E-state index in [4.69, 9.17) is 22.9 Å². The van der Waals surface area contributed by atoms with Crippen molar-refractivity contribution in [1.29, 1.82) is 0 Å². The third-order valence-electron chi connectivity index (χ3n) is 1.65. The van der Waals surface area contributed by atoms with E-state index in [1.807, 2.05) is 13.8 Å². The zero-order chi connectivity index (χ0) is 16.0. The minimum atomic E-state index is 0.273. The number of rotatable bonds is 2. The molecule has 116 valence electrons. The first-order valence-electron chi connectivity index (χ1n) is 5.99. The average molecular weight is 286 g/mol. The van der Waals surface area contributed by atoms with E-state index in [1.54, 1.807) is 14.1 Å². The highest BCUT2D eigenvalue weighted by Crippen LogP contribution is 1.66. The topological polar surface area (TPSA) is 178 Å². The maximum Gasteiger partial charge on any atom is 0.195 e. The molecule has 0 aromatic carbocycles. The van der Waals surface area contributed by atoms with Gasteiger partial charge in [0.25, 0.3) is 0 Å². The van der Waals surface area contributed by atoms with Crippen molar-refractivity contribution in [2.45, 2.75) is 13.8 Å². The van der Waals surface area contributed by atoms with Crippen molar-refractivity contribution in [2.75, 3.05) is 27.2 Å². The predicted octanol–water partition coefficient (Wildman–Crippen LogP) is -2.29. The number of nitrogens with two attached hydrogens (primary N) is 4. The van der Waals surface area contributed by atoms with E-state index in [2.05, 4.69) is 30.6 Å². The number of nitrogens with one attached hydrogen (secondary N) is 2. The summed E-state index contributed by atoms with van der Waals surface area (Å²) in [6.45, 7) is 5.04. The van der Waals surface area contributed by atoms with E-state index in [0.29, 0.717) is 25.0 Å². The molecule has 0 saturated carbocycles. The monoisotopic (exact) mass is 286 g/mol. The molecule has 0 atom stereocenters. The summed E-state index contributed by atoms with van der Waals surface area (Å²) in [5.74, 6) is 1.14. The first kappa shape index (κ1) is 19.8. The van der Waals surface area contributed by atoms with Gasteiger partial charge < -0.3 is 22.9 Å². The van der Waals surface area contributed by atoms with Crippen LogP contribution < -0.4 is 33.6 Å². The fourth-order valence-electron chi connectivity index (χ4n) is 0.794. The molecule has 0 aromatic heterocycles. The van der Waals surface area contributed by atoms with E-state index >= 15 is 0 Å². The smallest absolute Gasteiger partial charge is 0.195 e. The lowest BCUT2D eigenvalue weighted by Crippen LogP contribution is -2.41. The maximum absolute atomic E-state index is 5.34. The van der Waals surface area contributed by atoms with Crippen molar-refractivity contribution in [3.05, 3.63) is 0 Å². The Kier molecular flexibility index (Phi) is 12.8. The largest absolute Gasteiger partial charge is 0.370 e. The highest BCUT2D eigenvalue weighted by Gasteiger charge is 1.90. The molecule has 0 heterocycles. The summed E-state index contributed by atoms with van der Waals surface area (Å²) in [7, 11) is 3.14. The van der Waals surface area contributed by atoms with Crippen molar-refractivity contribution in [3.63, 3.8) is 0 Å². The lowest BCUT2D eigenvalue weighted by molar-refractivity contribution is 1.08. The van der Waals surface area contributed by atoms with Gasteiger partial charge in [0.2, 0.25) is 0 Å². The number of guanidine groups is 4. The summed E-state index contributed by atoms with van der Waals surface area (Å²) in [6, 6.07) is 0. The molecule has 0 fully saturated rings. The SMILES string of the molecule is CCN=C(N)NC(N)=NC.CCN=C(N)NC(N)=NC. The molecule has 0 spiro atoms. The molecular formula is C10H26N10. The van der Waals surface area contributed by atoms with Crippen molar-refractivity contribution in [3.8, 4) is 0 Å². The molecule has 10 N–H and O–H groups in total. The van der Waals surface area contributed by atoms with Crippen LogP contribution >= 0.6 is 0 Å². The van der Waals surface area contributed by atoms with Crippen LogP contribution in [0.4, 0.5) is 0 Å². The van der Waals surface area contributed by atoms with E-state index in [9.17, 15) is 0 Å². The van der Waals surface area contributed by atoms with Gasteiger partial charge in [-0.25, -0.2) is 0 Å². The molecule has 0 amide bonds. The molecule has 0 bridgehead atoms. The summed E-state index contributed by atoms with van der Waals surface area (Å²) >= 11 is 0. The van der Waals surface area contributed by atoms with Crippen LogP contribution in [0.2, 0.25) is 0 Å². The molecular weight excluding hydrogens is 260 g/mol. The minimum absolute atomic E-state index is 0.273. The fourth-order valence-corrected chi connectivity index (χ4v) is 0.794. The van der Waals surface area contributed by atoms with Crippen molar-refractivity contribution < 1.29 is 0 Å². The Labute approximate surface area is 119 Å². The number of hydrogen-bond acceptors (Lipinski definition) is 4. The molecule has 10 heteroatoms. The van der Waals surface area contributed by atoms with Crippen molar-refractivity contribution >= 4 is 23.8 Å². The highest BCUT2D eigenvalue weighted by atomic mass is 15.2. The highest BCUT2D eigenvalue weighted by molar-refractivity contribution is 5.97. The second-order valence-corrected chi connectivity index (χ2v) is 3.19. The standard InChI is InChI=1S/2C5H13N5/c2*1-3-9-5(7)10-4(6)8-2/h2*3H2,1-2H3,(H5,6,7,8,9,10). The lowest BCUT2D eigenvalue weighted by atomic mass is 10.7. The first-order chi connectivity index (χ1) is 9.40. The van der Waals surface area contributed by atoms with Crippen molar-refractivity contribution in [1.82, 2.24) is 10.6 Å². The van der Waals surface area contributed by atoms with Gasteiger partial charge in [-0.05, 0) is 13.8 Å². The van der Waals surface area contributed by atoms with Gasteiger partial charge in [0.15, 0.2) is 23.8 Å². The maximum atomic E-state index is 5.34. The van der Waals surface area contributed by atoms with Gasteiger partial charge in [0.1, 0.15) is 0 Å². The minimum Gasteiger partial charge on any atom is -0.370 e. The van der Waals surface area contributed by atoms with E-state index in [1.165, 1.54) is 0 Å². The summed E-state index contributed by atoms with van der Waals surface area (Å²) in [4.78, 5) is 14.9. The zero-order valence-corrected chi connectivity index (χ0v) is 12.5. The Morgan fingerprint density at radius 3 is 1.20 bits per heavy atom. The van der Waals surface area contributed by atoms with Gasteiger partial charge >= 0.3 is 0 Å². The number of aliphatic imine (C=N–C) groups is 4. The molecule has 0 aliphatic rings. The van der Waals surface area contributed by atoms with E-state index in [-0.39, 0.29) is 11.9 Å². The van der Waals surface area contributed by atoms with E-state index < -0.39 is 0 Å². The van der Waals surface area contributed by atoms with Gasteiger partial charge in [0.05, 0.1) is 0 Å². The van der Waals surface area contributed by atoms with Gasteiger partial charge in [-0.1, -0.05) is 0 Å². The summed E-state index contributed by atoms with van der Waals surface area (Å²) < 4.78 is 0. The average Bonchev–Trinajstić information content (AvgIpc) is 2.39. The third-order valence-corrected chi connectivity index (χ3v) is 1.65. The van der Waals surface area contributed by atoms with Gasteiger partial charge in [0, 0.05) is 27.2 Å². The molecule has 10 nitrogen and oxygen atoms in total. The second-order valence-electron chi connectivity index (χ2n) is 3.19. The molecule has 0 unspecified atom stereocenters. The van der Waals surface area contributed by atoms with Crippen LogP contribution in [0.25, 0.3) is 0 Å². The Balaban J connectivity index is 0. The molecule has 20 heavy (non-hydrogen) atoms. The summed E-state index contributed by atoms with van der Waals surface area (Å²) in [5.41, 5.74) is 21.2. The van der Waals surface area contributed by atoms with Crippen LogP contribution in [0.15, 0.2) is 20.0 Å². The van der Waals surface area contributed by atoms with Crippen LogP contribution in [0.1, 0.15) is 13.8 Å². The molecule has 0 aromatic rings. The lowest BCUT2D eigenvalue weighted by Gasteiger charge is -2.01. The normalized spacial score (nSPS) is 13.4. The molecule has 0 aliphatic heterocycles. The Morgan fingerprint density at radius 1 is 0.700 bits per heavy atom. The third kappa shape index (κ3) is 13.5. The molecule has 0 aliphatic carbocycles. The van der Waals surface area contributed by atoms with E-state index in [0.717, 1.165) is 0 Å². The fraction of sp³-hybridized carbons (Fsp3) is 0.600. The first-order valence-corrected chi connectivity index (χ1v) is 5.99. The van der Waals surface area contributed by atoms with Crippen LogP contribution in [-0.4, -0.2) is 51.0 Å². The Bertz CT molecular complexity index is 332. The van der Waals surface area contributed by atoms with Crippen LogP contribution in [0, 0.1) is 0 Å². The van der Waals surface area contributed by atoms with Crippen LogP contribution in [0.3, 0.4) is 0 Å². The Morgan fingerprint density at radius 2 is 1.00 bits per heavy atom. The van der Waals surface area contributed by atoms with Crippen LogP contribution in [0.5, 0.6) is 0 Å². The second kappa shape index (κ2) is 12.9. The summed E-state index contributed by atoms with van der Waals surface area (Å²) in [6.07, 6.45) is 0.